The molecule has 0 fully saturated rings. The molecule has 5 nitrogen and oxygen atoms in total. The molecular weight excluding hydrogens is 309 g/mol. The zero-order valence-electron chi connectivity index (χ0n) is 12.3. The second-order valence-electron chi connectivity index (χ2n) is 5.01. The van der Waals surface area contributed by atoms with Crippen LogP contribution in [0.1, 0.15) is 5.56 Å². The maximum atomic E-state index is 14.8. The molecule has 0 saturated carbocycles. The van der Waals surface area contributed by atoms with E-state index in [1.165, 1.54) is 30.5 Å². The molecular formula is C18H10FN3O2. The lowest BCUT2D eigenvalue weighted by molar-refractivity contribution is -0.384. The van der Waals surface area contributed by atoms with Gasteiger partial charge in [0.05, 0.1) is 10.5 Å². The van der Waals surface area contributed by atoms with Crippen molar-refractivity contribution < 1.29 is 9.31 Å². The summed E-state index contributed by atoms with van der Waals surface area (Å²) in [5, 5.41) is 20.1. The van der Waals surface area contributed by atoms with Crippen LogP contribution in [-0.4, -0.2) is 9.91 Å². The van der Waals surface area contributed by atoms with Crippen LogP contribution in [0.2, 0.25) is 0 Å². The largest absolute Gasteiger partial charge is 0.269 e. The Bertz CT molecular complexity index is 948. The Hall–Kier alpha value is -3.59. The SMILES string of the molecule is N#Cc1c(-c2ccc([N+](=O)[O-])cc2)ccc(-c2cccnc2)c1F. The van der Waals surface area contributed by atoms with Crippen molar-refractivity contribution in [2.24, 2.45) is 0 Å². The number of rotatable bonds is 3. The van der Waals surface area contributed by atoms with E-state index in [0.29, 0.717) is 16.7 Å². The third-order valence-electron chi connectivity index (χ3n) is 3.62. The summed E-state index contributed by atoms with van der Waals surface area (Å²) in [5.41, 5.74) is 1.60. The number of aromatic nitrogens is 1. The molecule has 6 heteroatoms. The Labute approximate surface area is 136 Å². The highest BCUT2D eigenvalue weighted by Crippen LogP contribution is 2.32. The van der Waals surface area contributed by atoms with Gasteiger partial charge in [-0.3, -0.25) is 15.1 Å². The molecule has 0 aliphatic rings. The third kappa shape index (κ3) is 2.71. The molecule has 3 rings (SSSR count). The summed E-state index contributed by atoms with van der Waals surface area (Å²) < 4.78 is 14.8. The Morgan fingerprint density at radius 2 is 1.75 bits per heavy atom. The average molecular weight is 319 g/mol. The average Bonchev–Trinajstić information content (AvgIpc) is 2.62. The molecule has 1 aromatic heterocycles. The molecule has 0 unspecified atom stereocenters. The van der Waals surface area contributed by atoms with E-state index in [1.807, 2.05) is 6.07 Å². The third-order valence-corrected chi connectivity index (χ3v) is 3.62. The molecule has 24 heavy (non-hydrogen) atoms. The summed E-state index contributed by atoms with van der Waals surface area (Å²) in [6.07, 6.45) is 3.10. The smallest absolute Gasteiger partial charge is 0.264 e. The van der Waals surface area contributed by atoms with Crippen molar-refractivity contribution in [2.45, 2.75) is 0 Å². The first-order valence-corrected chi connectivity index (χ1v) is 6.99. The zero-order chi connectivity index (χ0) is 17.1. The first kappa shape index (κ1) is 15.3. The quantitative estimate of drug-likeness (QED) is 0.531. The van der Waals surface area contributed by atoms with Crippen molar-refractivity contribution in [1.82, 2.24) is 4.98 Å². The molecule has 0 bridgehead atoms. The predicted octanol–water partition coefficient (Wildman–Crippen LogP) is 4.33. The lowest BCUT2D eigenvalue weighted by Gasteiger charge is -2.09. The first-order chi connectivity index (χ1) is 11.6. The van der Waals surface area contributed by atoms with Crippen molar-refractivity contribution in [3.63, 3.8) is 0 Å². The summed E-state index contributed by atoms with van der Waals surface area (Å²) in [7, 11) is 0. The highest BCUT2D eigenvalue weighted by atomic mass is 19.1. The van der Waals surface area contributed by atoms with Crippen molar-refractivity contribution in [1.29, 1.82) is 5.26 Å². The van der Waals surface area contributed by atoms with Gasteiger partial charge in [0.2, 0.25) is 0 Å². The first-order valence-electron chi connectivity index (χ1n) is 6.99. The number of hydrogen-bond acceptors (Lipinski definition) is 4. The van der Waals surface area contributed by atoms with Crippen LogP contribution in [0.25, 0.3) is 22.3 Å². The normalized spacial score (nSPS) is 10.2. The fourth-order valence-corrected chi connectivity index (χ4v) is 2.43. The van der Waals surface area contributed by atoms with Crippen LogP contribution in [0.15, 0.2) is 60.9 Å². The van der Waals surface area contributed by atoms with Gasteiger partial charge in [-0.1, -0.05) is 18.2 Å². The molecule has 0 aliphatic heterocycles. The van der Waals surface area contributed by atoms with Gasteiger partial charge in [-0.05, 0) is 23.8 Å². The molecule has 0 atom stereocenters. The highest BCUT2D eigenvalue weighted by Gasteiger charge is 2.16. The molecule has 0 saturated heterocycles. The van der Waals surface area contributed by atoms with E-state index < -0.39 is 10.7 Å². The van der Waals surface area contributed by atoms with E-state index in [4.69, 9.17) is 0 Å². The molecule has 3 aromatic rings. The second kappa shape index (κ2) is 6.26. The number of hydrogen-bond donors (Lipinski definition) is 0. The Balaban J connectivity index is 2.12. The molecule has 0 aliphatic carbocycles. The van der Waals surface area contributed by atoms with Gasteiger partial charge in [-0.2, -0.15) is 5.26 Å². The van der Waals surface area contributed by atoms with Crippen LogP contribution < -0.4 is 0 Å². The molecule has 0 spiro atoms. The lowest BCUT2D eigenvalue weighted by atomic mass is 9.95. The van der Waals surface area contributed by atoms with Crippen LogP contribution in [0.3, 0.4) is 0 Å². The monoisotopic (exact) mass is 319 g/mol. The standard InChI is InChI=1S/C18H10FN3O2/c19-18-16(13-2-1-9-21-11-13)8-7-15(17(18)10-20)12-3-5-14(6-4-12)22(23)24/h1-9,11H. The summed E-state index contributed by atoms with van der Waals surface area (Å²) in [5.74, 6) is -0.638. The van der Waals surface area contributed by atoms with Gasteiger partial charge in [0.1, 0.15) is 11.9 Å². The maximum Gasteiger partial charge on any atom is 0.269 e. The molecule has 0 amide bonds. The van der Waals surface area contributed by atoms with Gasteiger partial charge in [0.15, 0.2) is 0 Å². The number of benzene rings is 2. The number of pyridine rings is 1. The molecule has 0 radical (unpaired) electrons. The van der Waals surface area contributed by atoms with Crippen molar-refractivity contribution in [3.05, 3.63) is 82.4 Å². The van der Waals surface area contributed by atoms with Crippen molar-refractivity contribution in [2.75, 3.05) is 0 Å². The van der Waals surface area contributed by atoms with Crippen LogP contribution in [0.5, 0.6) is 0 Å². The minimum absolute atomic E-state index is 0.0651. The van der Waals surface area contributed by atoms with Gasteiger partial charge in [0, 0.05) is 41.2 Å². The Morgan fingerprint density at radius 3 is 2.33 bits per heavy atom. The van der Waals surface area contributed by atoms with Crippen LogP contribution in [-0.2, 0) is 0 Å². The van der Waals surface area contributed by atoms with Crippen molar-refractivity contribution in [3.8, 4) is 28.3 Å². The molecule has 1 heterocycles. The molecule has 116 valence electrons. The van der Waals surface area contributed by atoms with Crippen molar-refractivity contribution >= 4 is 5.69 Å². The minimum Gasteiger partial charge on any atom is -0.264 e. The van der Waals surface area contributed by atoms with Gasteiger partial charge >= 0.3 is 0 Å². The Morgan fingerprint density at radius 1 is 1.04 bits per heavy atom. The van der Waals surface area contributed by atoms with E-state index in [0.717, 1.165) is 0 Å². The second-order valence-corrected chi connectivity index (χ2v) is 5.01. The Kier molecular flexibility index (Phi) is 4.00. The predicted molar refractivity (Wildman–Crippen MR) is 86.4 cm³/mol. The molecule has 0 N–H and O–H groups in total. The highest BCUT2D eigenvalue weighted by molar-refractivity contribution is 5.77. The summed E-state index contributed by atoms with van der Waals surface area (Å²) in [6.45, 7) is 0. The number of nitro groups is 1. The van der Waals surface area contributed by atoms with E-state index in [2.05, 4.69) is 4.98 Å². The number of non-ortho nitro benzene ring substituents is 1. The zero-order valence-corrected chi connectivity index (χ0v) is 12.3. The van der Waals surface area contributed by atoms with Gasteiger partial charge in [0.25, 0.3) is 5.69 Å². The summed E-state index contributed by atoms with van der Waals surface area (Å²) >= 11 is 0. The van der Waals surface area contributed by atoms with E-state index >= 15 is 0 Å². The maximum absolute atomic E-state index is 14.8. The molecule has 2 aromatic carbocycles. The van der Waals surface area contributed by atoms with Crippen LogP contribution in [0.4, 0.5) is 10.1 Å². The van der Waals surface area contributed by atoms with E-state index in [9.17, 15) is 19.8 Å². The van der Waals surface area contributed by atoms with Gasteiger partial charge < -0.3 is 0 Å². The fraction of sp³-hybridized carbons (Fsp3) is 0. The summed E-state index contributed by atoms with van der Waals surface area (Å²) in [4.78, 5) is 14.2. The van der Waals surface area contributed by atoms with Crippen LogP contribution in [0, 0.1) is 27.3 Å². The van der Waals surface area contributed by atoms with E-state index in [1.54, 1.807) is 30.5 Å². The topological polar surface area (TPSA) is 79.8 Å². The number of nitrogens with zero attached hydrogens (tertiary/aromatic N) is 3. The van der Waals surface area contributed by atoms with Crippen LogP contribution >= 0.6 is 0 Å². The lowest BCUT2D eigenvalue weighted by Crippen LogP contribution is -1.94. The van der Waals surface area contributed by atoms with Gasteiger partial charge in [-0.25, -0.2) is 4.39 Å². The van der Waals surface area contributed by atoms with E-state index in [-0.39, 0.29) is 16.8 Å². The minimum atomic E-state index is -0.638. The summed E-state index contributed by atoms with van der Waals surface area (Å²) in [6, 6.07) is 14.1. The number of halogens is 1. The number of nitro benzene ring substituents is 1. The fourth-order valence-electron chi connectivity index (χ4n) is 2.43. The number of nitriles is 1. The van der Waals surface area contributed by atoms with Gasteiger partial charge in [-0.15, -0.1) is 0 Å².